The minimum absolute atomic E-state index is 0.259. The summed E-state index contributed by atoms with van der Waals surface area (Å²) in [6.45, 7) is 2.73. The van der Waals surface area contributed by atoms with E-state index in [9.17, 15) is 4.79 Å². The lowest BCUT2D eigenvalue weighted by atomic mass is 9.93. The first-order valence-corrected chi connectivity index (χ1v) is 4.77. The molecule has 2 bridgehead atoms. The molecule has 2 rings (SSSR count). The van der Waals surface area contributed by atoms with E-state index < -0.39 is 0 Å². The van der Waals surface area contributed by atoms with E-state index in [0.29, 0.717) is 11.8 Å². The van der Waals surface area contributed by atoms with Crippen LogP contribution in [0, 0.1) is 17.8 Å². The quantitative estimate of drug-likeness (QED) is 0.614. The highest BCUT2D eigenvalue weighted by Gasteiger charge is 2.39. The number of amides is 1. The van der Waals surface area contributed by atoms with Crippen LogP contribution in [-0.4, -0.2) is 12.5 Å². The molecule has 1 saturated carbocycles. The molecule has 2 aliphatic rings. The average molecular weight is 165 g/mol. The molecule has 66 valence electrons. The predicted octanol–water partition coefficient (Wildman–Crippen LogP) is 1.33. The fraction of sp³-hybridized carbons (Fsp3) is 0.700. The van der Waals surface area contributed by atoms with Crippen molar-refractivity contribution in [2.24, 2.45) is 17.8 Å². The van der Waals surface area contributed by atoms with Crippen LogP contribution in [-0.2, 0) is 4.79 Å². The van der Waals surface area contributed by atoms with Crippen LogP contribution in [0.4, 0.5) is 0 Å². The van der Waals surface area contributed by atoms with Crippen LogP contribution >= 0.6 is 0 Å². The van der Waals surface area contributed by atoms with Crippen molar-refractivity contribution in [2.45, 2.75) is 19.8 Å². The van der Waals surface area contributed by atoms with Crippen molar-refractivity contribution >= 4 is 5.91 Å². The Bertz CT molecular complexity index is 222. The van der Waals surface area contributed by atoms with Gasteiger partial charge in [-0.15, -0.1) is 0 Å². The molecule has 0 aliphatic heterocycles. The van der Waals surface area contributed by atoms with Crippen LogP contribution in [0.25, 0.3) is 0 Å². The van der Waals surface area contributed by atoms with E-state index in [2.05, 4.69) is 17.5 Å². The van der Waals surface area contributed by atoms with Gasteiger partial charge in [0.25, 0.3) is 0 Å². The van der Waals surface area contributed by atoms with Gasteiger partial charge in [0.2, 0.25) is 5.91 Å². The molecule has 0 saturated heterocycles. The van der Waals surface area contributed by atoms with Gasteiger partial charge in [-0.3, -0.25) is 4.79 Å². The zero-order chi connectivity index (χ0) is 8.55. The third-order valence-electron chi connectivity index (χ3n) is 2.97. The number of hydrogen-bond donors (Lipinski definition) is 1. The molecule has 0 aromatic rings. The molecular formula is C10H15NO. The van der Waals surface area contributed by atoms with E-state index >= 15 is 0 Å². The summed E-state index contributed by atoms with van der Waals surface area (Å²) in [5, 5.41) is 2.90. The number of nitrogens with one attached hydrogen (secondary N) is 1. The normalized spacial score (nSPS) is 37.2. The summed E-state index contributed by atoms with van der Waals surface area (Å²) in [5.74, 6) is 1.78. The number of hydrogen-bond acceptors (Lipinski definition) is 1. The smallest absolute Gasteiger partial charge is 0.223 e. The zero-order valence-electron chi connectivity index (χ0n) is 7.42. The Labute approximate surface area is 73.0 Å². The second-order valence-electron chi connectivity index (χ2n) is 3.78. The van der Waals surface area contributed by atoms with Gasteiger partial charge in [-0.05, 0) is 31.6 Å². The lowest BCUT2D eigenvalue weighted by molar-refractivity contribution is -0.125. The van der Waals surface area contributed by atoms with Gasteiger partial charge >= 0.3 is 0 Å². The first-order valence-electron chi connectivity index (χ1n) is 4.77. The van der Waals surface area contributed by atoms with E-state index in [4.69, 9.17) is 0 Å². The van der Waals surface area contributed by atoms with E-state index in [1.165, 1.54) is 6.42 Å². The highest BCUT2D eigenvalue weighted by molar-refractivity contribution is 5.79. The number of fused-ring (bicyclic) bond motifs is 2. The maximum absolute atomic E-state index is 11.5. The van der Waals surface area contributed by atoms with Crippen molar-refractivity contribution in [1.29, 1.82) is 0 Å². The standard InChI is InChI=1S/C10H15NO/c1-2-11-10(12)9-6-7-3-4-8(9)5-7/h3-4,7-9H,2,5-6H2,1H3,(H,11,12)/t7-,8-,9+/m0/s1. The van der Waals surface area contributed by atoms with E-state index in [-0.39, 0.29) is 11.8 Å². The predicted molar refractivity (Wildman–Crippen MR) is 47.5 cm³/mol. The van der Waals surface area contributed by atoms with E-state index in [0.717, 1.165) is 13.0 Å². The van der Waals surface area contributed by atoms with Crippen molar-refractivity contribution in [3.63, 3.8) is 0 Å². The minimum Gasteiger partial charge on any atom is -0.356 e. The Kier molecular flexibility index (Phi) is 1.91. The van der Waals surface area contributed by atoms with Crippen molar-refractivity contribution in [2.75, 3.05) is 6.54 Å². The Morgan fingerprint density at radius 2 is 2.33 bits per heavy atom. The highest BCUT2D eigenvalue weighted by Crippen LogP contribution is 2.43. The van der Waals surface area contributed by atoms with Crippen LogP contribution in [0.15, 0.2) is 12.2 Å². The van der Waals surface area contributed by atoms with Crippen LogP contribution in [0.1, 0.15) is 19.8 Å². The lowest BCUT2D eigenvalue weighted by Crippen LogP contribution is -2.32. The molecule has 2 aliphatic carbocycles. The molecule has 1 fully saturated rings. The van der Waals surface area contributed by atoms with Gasteiger partial charge in [0.15, 0.2) is 0 Å². The third kappa shape index (κ3) is 1.15. The van der Waals surface area contributed by atoms with Crippen LogP contribution in [0.2, 0.25) is 0 Å². The van der Waals surface area contributed by atoms with Crippen molar-refractivity contribution in [1.82, 2.24) is 5.32 Å². The fourth-order valence-corrected chi connectivity index (χ4v) is 2.39. The highest BCUT2D eigenvalue weighted by atomic mass is 16.1. The molecule has 0 radical (unpaired) electrons. The SMILES string of the molecule is CCNC(=O)[C@@H]1C[C@H]2C=C[C@H]1C2. The topological polar surface area (TPSA) is 29.1 Å². The van der Waals surface area contributed by atoms with Crippen molar-refractivity contribution in [3.8, 4) is 0 Å². The molecule has 1 N–H and O–H groups in total. The second kappa shape index (κ2) is 2.92. The summed E-state index contributed by atoms with van der Waals surface area (Å²) in [5.41, 5.74) is 0. The van der Waals surface area contributed by atoms with Gasteiger partial charge in [-0.2, -0.15) is 0 Å². The fourth-order valence-electron chi connectivity index (χ4n) is 2.39. The van der Waals surface area contributed by atoms with Crippen LogP contribution in [0.3, 0.4) is 0 Å². The number of carbonyl (C=O) groups is 1. The minimum atomic E-state index is 0.259. The first kappa shape index (κ1) is 7.84. The third-order valence-corrected chi connectivity index (χ3v) is 2.97. The largest absolute Gasteiger partial charge is 0.356 e. The lowest BCUT2D eigenvalue weighted by Gasteiger charge is -2.16. The van der Waals surface area contributed by atoms with Gasteiger partial charge in [-0.1, -0.05) is 12.2 Å². The Morgan fingerprint density at radius 1 is 1.50 bits per heavy atom. The summed E-state index contributed by atoms with van der Waals surface area (Å²) in [6.07, 6.45) is 6.77. The zero-order valence-corrected chi connectivity index (χ0v) is 7.42. The molecule has 2 heteroatoms. The molecule has 12 heavy (non-hydrogen) atoms. The number of carbonyl (C=O) groups excluding carboxylic acids is 1. The number of rotatable bonds is 2. The van der Waals surface area contributed by atoms with Gasteiger partial charge in [-0.25, -0.2) is 0 Å². The van der Waals surface area contributed by atoms with Gasteiger partial charge < -0.3 is 5.32 Å². The summed E-state index contributed by atoms with van der Waals surface area (Å²) >= 11 is 0. The molecule has 3 atom stereocenters. The molecule has 0 unspecified atom stereocenters. The van der Waals surface area contributed by atoms with Crippen LogP contribution in [0.5, 0.6) is 0 Å². The van der Waals surface area contributed by atoms with Gasteiger partial charge in [0.1, 0.15) is 0 Å². The molecule has 0 heterocycles. The first-order chi connectivity index (χ1) is 5.81. The monoisotopic (exact) mass is 165 g/mol. The van der Waals surface area contributed by atoms with Crippen molar-refractivity contribution in [3.05, 3.63) is 12.2 Å². The molecule has 0 spiro atoms. The Morgan fingerprint density at radius 3 is 2.83 bits per heavy atom. The maximum atomic E-state index is 11.5. The molecule has 2 nitrogen and oxygen atoms in total. The molecule has 1 amide bonds. The second-order valence-corrected chi connectivity index (χ2v) is 3.78. The summed E-state index contributed by atoms with van der Waals surface area (Å²) in [4.78, 5) is 11.5. The van der Waals surface area contributed by atoms with Gasteiger partial charge in [0.05, 0.1) is 0 Å². The Balaban J connectivity index is 1.98. The number of allylic oxidation sites excluding steroid dienone is 2. The molecule has 0 aromatic heterocycles. The van der Waals surface area contributed by atoms with E-state index in [1.807, 2.05) is 6.92 Å². The molecule has 0 aromatic carbocycles. The van der Waals surface area contributed by atoms with Crippen molar-refractivity contribution < 1.29 is 4.79 Å². The summed E-state index contributed by atoms with van der Waals surface area (Å²) in [7, 11) is 0. The maximum Gasteiger partial charge on any atom is 0.223 e. The van der Waals surface area contributed by atoms with Crippen LogP contribution < -0.4 is 5.32 Å². The van der Waals surface area contributed by atoms with E-state index in [1.54, 1.807) is 0 Å². The average Bonchev–Trinajstić information content (AvgIpc) is 2.64. The summed E-state index contributed by atoms with van der Waals surface area (Å²) < 4.78 is 0. The molecular weight excluding hydrogens is 150 g/mol. The Hall–Kier alpha value is -0.790. The summed E-state index contributed by atoms with van der Waals surface area (Å²) in [6, 6.07) is 0. The van der Waals surface area contributed by atoms with Gasteiger partial charge in [0, 0.05) is 12.5 Å².